The molecule has 6 nitrogen and oxygen atoms in total. The third-order valence-electron chi connectivity index (χ3n) is 2.04. The molecule has 0 aliphatic carbocycles. The lowest BCUT2D eigenvalue weighted by atomic mass is 10.1. The predicted octanol–water partition coefficient (Wildman–Crippen LogP) is 1.18. The molecule has 1 aliphatic rings. The molecule has 0 radical (unpaired) electrons. The zero-order chi connectivity index (χ0) is 10.3. The Bertz CT molecular complexity index is 366. The summed E-state index contributed by atoms with van der Waals surface area (Å²) in [7, 11) is 0. The molecule has 1 aromatic heterocycles. The first-order chi connectivity index (χ1) is 6.54. The van der Waals surface area contributed by atoms with Gasteiger partial charge in [-0.25, -0.2) is 0 Å². The standard InChI is InChI=1S/C7H8ClN3O3/c1-7(3-8)4-10-2-5(11(12)13)9-6(10)14-7/h2H,3-4H2,1H3. The Morgan fingerprint density at radius 2 is 2.64 bits per heavy atom. The summed E-state index contributed by atoms with van der Waals surface area (Å²) in [5.74, 6) is 0.126. The molecule has 1 unspecified atom stereocenters. The SMILES string of the molecule is CC1(CCl)Cn2cc([N+](=O)[O-])nc2O1. The second-order valence-corrected chi connectivity index (χ2v) is 3.72. The van der Waals surface area contributed by atoms with E-state index in [1.165, 1.54) is 6.20 Å². The minimum Gasteiger partial charge on any atom is -0.436 e. The molecule has 0 spiro atoms. The Balaban J connectivity index is 2.28. The quantitative estimate of drug-likeness (QED) is 0.424. The van der Waals surface area contributed by atoms with E-state index in [0.29, 0.717) is 12.4 Å². The fourth-order valence-electron chi connectivity index (χ4n) is 1.35. The van der Waals surface area contributed by atoms with Crippen LogP contribution in [-0.2, 0) is 6.54 Å². The summed E-state index contributed by atoms with van der Waals surface area (Å²) in [6.07, 6.45) is 1.35. The molecule has 76 valence electrons. The molecule has 0 amide bonds. The van der Waals surface area contributed by atoms with Gasteiger partial charge in [-0.15, -0.1) is 11.6 Å². The van der Waals surface area contributed by atoms with E-state index in [1.807, 2.05) is 6.92 Å². The lowest BCUT2D eigenvalue weighted by molar-refractivity contribution is -0.389. The van der Waals surface area contributed by atoms with E-state index in [4.69, 9.17) is 16.3 Å². The first-order valence-corrected chi connectivity index (χ1v) is 4.54. The number of rotatable bonds is 2. The average Bonchev–Trinajstić information content (AvgIpc) is 2.59. The normalized spacial score (nSPS) is 24.4. The van der Waals surface area contributed by atoms with Crippen molar-refractivity contribution in [3.8, 4) is 6.01 Å². The van der Waals surface area contributed by atoms with Crippen molar-refractivity contribution >= 4 is 17.4 Å². The lowest BCUT2D eigenvalue weighted by Gasteiger charge is -2.17. The van der Waals surface area contributed by atoms with Crippen molar-refractivity contribution in [1.82, 2.24) is 9.55 Å². The van der Waals surface area contributed by atoms with Crippen molar-refractivity contribution in [2.24, 2.45) is 0 Å². The number of aromatic nitrogens is 2. The van der Waals surface area contributed by atoms with Gasteiger partial charge in [-0.05, 0) is 11.8 Å². The van der Waals surface area contributed by atoms with Crippen LogP contribution in [0.15, 0.2) is 6.20 Å². The molecule has 2 heterocycles. The van der Waals surface area contributed by atoms with Crippen LogP contribution >= 0.6 is 11.6 Å². The van der Waals surface area contributed by atoms with Gasteiger partial charge in [0.1, 0.15) is 11.8 Å². The van der Waals surface area contributed by atoms with E-state index in [9.17, 15) is 10.1 Å². The van der Waals surface area contributed by atoms with Crippen LogP contribution in [0.5, 0.6) is 6.01 Å². The van der Waals surface area contributed by atoms with Crippen molar-refractivity contribution in [3.05, 3.63) is 16.3 Å². The second-order valence-electron chi connectivity index (χ2n) is 3.45. The maximum absolute atomic E-state index is 10.4. The molecular formula is C7H8ClN3O3. The molecule has 0 saturated carbocycles. The summed E-state index contributed by atoms with van der Waals surface area (Å²) in [6, 6.07) is 0.264. The van der Waals surface area contributed by atoms with Crippen LogP contribution in [0.2, 0.25) is 0 Å². The fourth-order valence-corrected chi connectivity index (χ4v) is 1.49. The average molecular weight is 218 g/mol. The summed E-state index contributed by atoms with van der Waals surface area (Å²) >= 11 is 5.70. The highest BCUT2D eigenvalue weighted by Gasteiger charge is 2.39. The van der Waals surface area contributed by atoms with Crippen molar-refractivity contribution in [1.29, 1.82) is 0 Å². The topological polar surface area (TPSA) is 70.2 Å². The van der Waals surface area contributed by atoms with Gasteiger partial charge in [0.25, 0.3) is 0 Å². The fraction of sp³-hybridized carbons (Fsp3) is 0.571. The molecule has 1 aromatic rings. The molecule has 14 heavy (non-hydrogen) atoms. The minimum absolute atomic E-state index is 0.198. The molecule has 2 rings (SSSR count). The van der Waals surface area contributed by atoms with Crippen LogP contribution in [0, 0.1) is 10.1 Å². The van der Waals surface area contributed by atoms with Gasteiger partial charge >= 0.3 is 11.8 Å². The van der Waals surface area contributed by atoms with Crippen LogP contribution in [0.4, 0.5) is 5.82 Å². The Hall–Kier alpha value is -1.30. The number of alkyl halides is 1. The van der Waals surface area contributed by atoms with Gasteiger partial charge in [0, 0.05) is 4.98 Å². The number of nitrogens with zero attached hydrogens (tertiary/aromatic N) is 3. The number of nitro groups is 1. The van der Waals surface area contributed by atoms with Gasteiger partial charge in [0.15, 0.2) is 0 Å². The van der Waals surface area contributed by atoms with Crippen LogP contribution in [0.1, 0.15) is 6.92 Å². The summed E-state index contributed by atoms with van der Waals surface area (Å²) in [6.45, 7) is 2.33. The summed E-state index contributed by atoms with van der Waals surface area (Å²) in [4.78, 5) is 13.6. The number of halogens is 1. The van der Waals surface area contributed by atoms with Crippen molar-refractivity contribution in [2.75, 3.05) is 5.88 Å². The summed E-state index contributed by atoms with van der Waals surface area (Å²) in [5.41, 5.74) is -0.501. The number of hydrogen-bond donors (Lipinski definition) is 0. The molecular weight excluding hydrogens is 210 g/mol. The number of imidazole rings is 1. The van der Waals surface area contributed by atoms with E-state index in [-0.39, 0.29) is 11.8 Å². The number of fused-ring (bicyclic) bond motifs is 1. The minimum atomic E-state index is -0.549. The highest BCUT2D eigenvalue weighted by atomic mass is 35.5. The third-order valence-corrected chi connectivity index (χ3v) is 2.60. The molecule has 0 bridgehead atoms. The first kappa shape index (κ1) is 9.26. The smallest absolute Gasteiger partial charge is 0.415 e. The van der Waals surface area contributed by atoms with E-state index < -0.39 is 10.5 Å². The van der Waals surface area contributed by atoms with Gasteiger partial charge in [0.05, 0.1) is 12.4 Å². The highest BCUT2D eigenvalue weighted by molar-refractivity contribution is 6.18. The Labute approximate surface area is 84.6 Å². The largest absolute Gasteiger partial charge is 0.436 e. The lowest BCUT2D eigenvalue weighted by Crippen LogP contribution is -2.33. The zero-order valence-electron chi connectivity index (χ0n) is 7.44. The zero-order valence-corrected chi connectivity index (χ0v) is 8.19. The molecule has 1 aliphatic heterocycles. The Kier molecular flexibility index (Phi) is 1.88. The third kappa shape index (κ3) is 1.31. The molecule has 7 heteroatoms. The molecule has 0 fully saturated rings. The number of hydrogen-bond acceptors (Lipinski definition) is 4. The van der Waals surface area contributed by atoms with Gasteiger partial charge in [0.2, 0.25) is 0 Å². The van der Waals surface area contributed by atoms with Crippen LogP contribution < -0.4 is 4.74 Å². The maximum atomic E-state index is 10.4. The Morgan fingerprint density at radius 3 is 3.14 bits per heavy atom. The van der Waals surface area contributed by atoms with Crippen LogP contribution in [0.3, 0.4) is 0 Å². The summed E-state index contributed by atoms with van der Waals surface area (Å²) < 4.78 is 6.99. The van der Waals surface area contributed by atoms with E-state index in [2.05, 4.69) is 4.98 Å². The van der Waals surface area contributed by atoms with Gasteiger partial charge in [-0.3, -0.25) is 4.57 Å². The second kappa shape index (κ2) is 2.84. The maximum Gasteiger partial charge on any atom is 0.415 e. The van der Waals surface area contributed by atoms with Crippen molar-refractivity contribution in [2.45, 2.75) is 19.1 Å². The summed E-state index contributed by atoms with van der Waals surface area (Å²) in [5, 5.41) is 10.4. The van der Waals surface area contributed by atoms with E-state index in [0.717, 1.165) is 0 Å². The van der Waals surface area contributed by atoms with Crippen LogP contribution in [-0.4, -0.2) is 26.0 Å². The highest BCUT2D eigenvalue weighted by Crippen LogP contribution is 2.31. The van der Waals surface area contributed by atoms with Gasteiger partial charge in [-0.2, -0.15) is 0 Å². The van der Waals surface area contributed by atoms with Crippen molar-refractivity contribution < 1.29 is 9.66 Å². The van der Waals surface area contributed by atoms with Gasteiger partial charge < -0.3 is 14.9 Å². The van der Waals surface area contributed by atoms with Gasteiger partial charge in [-0.1, -0.05) is 0 Å². The van der Waals surface area contributed by atoms with E-state index >= 15 is 0 Å². The van der Waals surface area contributed by atoms with Crippen LogP contribution in [0.25, 0.3) is 0 Å². The van der Waals surface area contributed by atoms with Crippen molar-refractivity contribution in [3.63, 3.8) is 0 Å². The molecule has 1 atom stereocenters. The first-order valence-electron chi connectivity index (χ1n) is 4.01. The molecule has 0 N–H and O–H groups in total. The monoisotopic (exact) mass is 217 g/mol. The Morgan fingerprint density at radius 1 is 1.93 bits per heavy atom. The van der Waals surface area contributed by atoms with E-state index in [1.54, 1.807) is 4.57 Å². The number of ether oxygens (including phenoxy) is 1. The molecule has 0 aromatic carbocycles. The predicted molar refractivity (Wildman–Crippen MR) is 48.6 cm³/mol. The molecule has 0 saturated heterocycles.